The van der Waals surface area contributed by atoms with Crippen LogP contribution in [-0.2, 0) is 5.41 Å². The van der Waals surface area contributed by atoms with E-state index in [2.05, 4.69) is 17.4 Å². The van der Waals surface area contributed by atoms with Crippen LogP contribution >= 0.6 is 11.6 Å². The quantitative estimate of drug-likeness (QED) is 0.705. The normalized spacial score (nSPS) is 22.6. The Morgan fingerprint density at radius 2 is 1.81 bits per heavy atom. The second-order valence-corrected chi connectivity index (χ2v) is 5.62. The number of nitrogens with one attached hydrogen (secondary N) is 1. The molecule has 1 aromatic rings. The SMILES string of the molecule is Clc1cccc2c1NCC21CCCCCC1. The van der Waals surface area contributed by atoms with Crippen molar-refractivity contribution in [2.45, 2.75) is 43.9 Å². The van der Waals surface area contributed by atoms with Gasteiger partial charge >= 0.3 is 0 Å². The molecule has 1 saturated carbocycles. The van der Waals surface area contributed by atoms with Crippen LogP contribution in [0.1, 0.15) is 44.1 Å². The smallest absolute Gasteiger partial charge is 0.0640 e. The third-order valence-electron chi connectivity index (χ3n) is 4.25. The highest BCUT2D eigenvalue weighted by Crippen LogP contribution is 2.47. The average molecular weight is 236 g/mol. The number of halogens is 1. The maximum Gasteiger partial charge on any atom is 0.0640 e. The van der Waals surface area contributed by atoms with Gasteiger partial charge in [0.2, 0.25) is 0 Å². The number of hydrogen-bond donors (Lipinski definition) is 1. The van der Waals surface area contributed by atoms with Crippen molar-refractivity contribution in [3.63, 3.8) is 0 Å². The van der Waals surface area contributed by atoms with Crippen LogP contribution in [-0.4, -0.2) is 6.54 Å². The molecule has 0 radical (unpaired) electrons. The van der Waals surface area contributed by atoms with Crippen molar-refractivity contribution in [3.8, 4) is 0 Å². The topological polar surface area (TPSA) is 12.0 Å². The van der Waals surface area contributed by atoms with E-state index in [0.717, 1.165) is 11.6 Å². The van der Waals surface area contributed by atoms with Crippen molar-refractivity contribution in [1.29, 1.82) is 0 Å². The molecule has 16 heavy (non-hydrogen) atoms. The summed E-state index contributed by atoms with van der Waals surface area (Å²) in [5.41, 5.74) is 3.06. The second kappa shape index (κ2) is 3.96. The van der Waals surface area contributed by atoms with Crippen LogP contribution in [0.5, 0.6) is 0 Å². The minimum absolute atomic E-state index is 0.386. The van der Waals surface area contributed by atoms with Crippen molar-refractivity contribution in [2.24, 2.45) is 0 Å². The first-order chi connectivity index (χ1) is 7.82. The van der Waals surface area contributed by atoms with Crippen LogP contribution < -0.4 is 5.32 Å². The highest BCUT2D eigenvalue weighted by Gasteiger charge is 2.39. The van der Waals surface area contributed by atoms with Crippen molar-refractivity contribution >= 4 is 17.3 Å². The predicted molar refractivity (Wildman–Crippen MR) is 69.3 cm³/mol. The van der Waals surface area contributed by atoms with E-state index in [1.54, 1.807) is 0 Å². The third kappa shape index (κ3) is 1.53. The molecule has 0 atom stereocenters. The molecule has 2 aliphatic rings. The van der Waals surface area contributed by atoms with E-state index < -0.39 is 0 Å². The number of para-hydroxylation sites is 1. The zero-order chi connectivity index (χ0) is 11.0. The van der Waals surface area contributed by atoms with Crippen molar-refractivity contribution in [1.82, 2.24) is 0 Å². The molecule has 3 rings (SSSR count). The third-order valence-corrected chi connectivity index (χ3v) is 4.56. The monoisotopic (exact) mass is 235 g/mol. The van der Waals surface area contributed by atoms with E-state index in [1.165, 1.54) is 49.8 Å². The summed E-state index contributed by atoms with van der Waals surface area (Å²) in [5, 5.41) is 4.41. The maximum absolute atomic E-state index is 6.25. The number of anilines is 1. The second-order valence-electron chi connectivity index (χ2n) is 5.21. The summed E-state index contributed by atoms with van der Waals surface area (Å²) >= 11 is 6.25. The van der Waals surface area contributed by atoms with E-state index in [9.17, 15) is 0 Å². The summed E-state index contributed by atoms with van der Waals surface area (Å²) in [6.45, 7) is 1.09. The number of hydrogen-bond acceptors (Lipinski definition) is 1. The molecule has 1 nitrogen and oxygen atoms in total. The Bertz CT molecular complexity index is 392. The zero-order valence-electron chi connectivity index (χ0n) is 9.56. The Morgan fingerprint density at radius 1 is 1.06 bits per heavy atom. The molecule has 2 heteroatoms. The summed E-state index contributed by atoms with van der Waals surface area (Å²) in [5.74, 6) is 0. The van der Waals surface area contributed by atoms with Crippen molar-refractivity contribution < 1.29 is 0 Å². The minimum atomic E-state index is 0.386. The highest BCUT2D eigenvalue weighted by molar-refractivity contribution is 6.33. The van der Waals surface area contributed by atoms with E-state index in [4.69, 9.17) is 11.6 Å². The fourth-order valence-electron chi connectivity index (χ4n) is 3.35. The lowest BCUT2D eigenvalue weighted by Gasteiger charge is -2.27. The first kappa shape index (κ1) is 10.5. The predicted octanol–water partition coefficient (Wildman–Crippen LogP) is 4.36. The lowest BCUT2D eigenvalue weighted by Crippen LogP contribution is -2.27. The minimum Gasteiger partial charge on any atom is -0.383 e. The summed E-state index contributed by atoms with van der Waals surface area (Å²) in [6, 6.07) is 6.36. The van der Waals surface area contributed by atoms with Crippen molar-refractivity contribution in [3.05, 3.63) is 28.8 Å². The standard InChI is InChI=1S/C14H18ClN/c15-12-7-5-6-11-13(12)16-10-14(11)8-3-1-2-4-9-14/h5-7,16H,1-4,8-10H2. The van der Waals surface area contributed by atoms with E-state index in [0.29, 0.717) is 5.41 Å². The van der Waals surface area contributed by atoms with Gasteiger partial charge in [0.05, 0.1) is 10.7 Å². The van der Waals surface area contributed by atoms with Crippen LogP contribution in [0.25, 0.3) is 0 Å². The van der Waals surface area contributed by atoms with Gasteiger partial charge in [-0.15, -0.1) is 0 Å². The van der Waals surface area contributed by atoms with Crippen molar-refractivity contribution in [2.75, 3.05) is 11.9 Å². The Balaban J connectivity index is 2.03. The fourth-order valence-corrected chi connectivity index (χ4v) is 3.59. The molecule has 1 aliphatic carbocycles. The van der Waals surface area contributed by atoms with Gasteiger partial charge in [0.25, 0.3) is 0 Å². The Kier molecular flexibility index (Phi) is 2.59. The molecule has 0 unspecified atom stereocenters. The van der Waals surface area contributed by atoms with Gasteiger partial charge < -0.3 is 5.32 Å². The molecule has 1 aliphatic heterocycles. The fraction of sp³-hybridized carbons (Fsp3) is 0.571. The molecule has 1 heterocycles. The van der Waals surface area contributed by atoms with Crippen LogP contribution in [0, 0.1) is 0 Å². The molecule has 86 valence electrons. The van der Waals surface area contributed by atoms with Gasteiger partial charge in [0.15, 0.2) is 0 Å². The Morgan fingerprint density at radius 3 is 2.56 bits per heavy atom. The lowest BCUT2D eigenvalue weighted by molar-refractivity contribution is 0.408. The molecule has 1 N–H and O–H groups in total. The zero-order valence-corrected chi connectivity index (χ0v) is 10.3. The molecule has 1 aromatic carbocycles. The van der Waals surface area contributed by atoms with Gasteiger partial charge in [-0.1, -0.05) is 49.4 Å². The molecule has 0 aromatic heterocycles. The van der Waals surface area contributed by atoms with Gasteiger partial charge in [-0.25, -0.2) is 0 Å². The van der Waals surface area contributed by atoms with Gasteiger partial charge in [-0.2, -0.15) is 0 Å². The van der Waals surface area contributed by atoms with Crippen LogP contribution in [0.4, 0.5) is 5.69 Å². The molecule has 0 saturated heterocycles. The van der Waals surface area contributed by atoms with Gasteiger partial charge in [0, 0.05) is 12.0 Å². The Labute approximate surface area is 102 Å². The molecular formula is C14H18ClN. The molecular weight excluding hydrogens is 218 g/mol. The maximum atomic E-state index is 6.25. The summed E-state index contributed by atoms with van der Waals surface area (Å²) < 4.78 is 0. The molecule has 0 bridgehead atoms. The number of fused-ring (bicyclic) bond motifs is 2. The number of rotatable bonds is 0. The summed E-state index contributed by atoms with van der Waals surface area (Å²) in [6.07, 6.45) is 8.19. The summed E-state index contributed by atoms with van der Waals surface area (Å²) in [4.78, 5) is 0. The van der Waals surface area contributed by atoms with Gasteiger partial charge in [-0.3, -0.25) is 0 Å². The van der Waals surface area contributed by atoms with E-state index in [1.807, 2.05) is 6.07 Å². The first-order valence-electron chi connectivity index (χ1n) is 6.35. The Hall–Kier alpha value is -0.690. The largest absolute Gasteiger partial charge is 0.383 e. The van der Waals surface area contributed by atoms with Crippen LogP contribution in [0.2, 0.25) is 5.02 Å². The average Bonchev–Trinajstić information content (AvgIpc) is 2.49. The first-order valence-corrected chi connectivity index (χ1v) is 6.73. The molecule has 1 spiro atoms. The van der Waals surface area contributed by atoms with Gasteiger partial charge in [0.1, 0.15) is 0 Å². The lowest BCUT2D eigenvalue weighted by atomic mass is 9.76. The molecule has 1 fully saturated rings. The van der Waals surface area contributed by atoms with Crippen LogP contribution in [0.15, 0.2) is 18.2 Å². The number of benzene rings is 1. The van der Waals surface area contributed by atoms with Crippen LogP contribution in [0.3, 0.4) is 0 Å². The van der Waals surface area contributed by atoms with E-state index >= 15 is 0 Å². The summed E-state index contributed by atoms with van der Waals surface area (Å²) in [7, 11) is 0. The molecule has 0 amide bonds. The van der Waals surface area contributed by atoms with E-state index in [-0.39, 0.29) is 0 Å². The highest BCUT2D eigenvalue weighted by atomic mass is 35.5. The van der Waals surface area contributed by atoms with Gasteiger partial charge in [-0.05, 0) is 24.5 Å².